The molecule has 0 radical (unpaired) electrons. The smallest absolute Gasteiger partial charge is 0.253 e. The van der Waals surface area contributed by atoms with Crippen molar-refractivity contribution in [2.45, 2.75) is 23.0 Å². The zero-order valence-corrected chi connectivity index (χ0v) is 14.6. The highest BCUT2D eigenvalue weighted by Crippen LogP contribution is 2.37. The van der Waals surface area contributed by atoms with Crippen LogP contribution in [0.2, 0.25) is 0 Å². The fourth-order valence-corrected chi connectivity index (χ4v) is 3.39. The minimum atomic E-state index is -5.44. The number of pyridine rings is 1. The Balaban J connectivity index is 2.35. The lowest BCUT2D eigenvalue weighted by molar-refractivity contribution is -0.110. The molecule has 2 heterocycles. The zero-order valence-electron chi connectivity index (χ0n) is 13.0. The molecule has 12 heteroatoms. The van der Waals surface area contributed by atoms with Crippen LogP contribution in [-0.2, 0) is 9.84 Å². The molecule has 0 spiro atoms. The van der Waals surface area contributed by atoms with Gasteiger partial charge in [0.1, 0.15) is 16.4 Å². The van der Waals surface area contributed by atoms with Gasteiger partial charge in [0.2, 0.25) is 11.0 Å². The molecule has 0 aliphatic rings. The van der Waals surface area contributed by atoms with E-state index in [2.05, 4.69) is 15.2 Å². The summed E-state index contributed by atoms with van der Waals surface area (Å²) in [6.07, 6.45) is -4.11. The number of hydrogen-bond donors (Lipinski definition) is 0. The molecule has 26 heavy (non-hydrogen) atoms. The number of allylic oxidation sites excluding steroid dienone is 1. The third kappa shape index (κ3) is 4.55. The van der Waals surface area contributed by atoms with Gasteiger partial charge in [0.25, 0.3) is 0 Å². The summed E-state index contributed by atoms with van der Waals surface area (Å²) in [7, 11) is -3.61. The molecular weight excluding hydrogens is 401 g/mol. The standard InChI is InChI=1S/C14H10F5N3O2S2/c1-2-26(23,24)9-4-3-7-20-11(9)8-5-6-10(22-21-8)25-13(16)12(15)14(17,18)19/h3-7H,2H2,1H3/b13-12-. The molecule has 0 amide bonds. The predicted octanol–water partition coefficient (Wildman–Crippen LogP) is 4.09. The number of hydrogen-bond acceptors (Lipinski definition) is 6. The Morgan fingerprint density at radius 3 is 2.38 bits per heavy atom. The first kappa shape index (κ1) is 20.2. The first-order valence-electron chi connectivity index (χ1n) is 6.88. The molecular formula is C14H10F5N3O2S2. The van der Waals surface area contributed by atoms with E-state index in [1.54, 1.807) is 0 Å². The molecule has 0 fully saturated rings. The van der Waals surface area contributed by atoms with Crippen LogP contribution in [0.15, 0.2) is 51.4 Å². The van der Waals surface area contributed by atoms with E-state index in [-0.39, 0.29) is 38.8 Å². The molecule has 2 aromatic rings. The lowest BCUT2D eigenvalue weighted by Crippen LogP contribution is -2.09. The SMILES string of the molecule is CCS(=O)(=O)c1cccnc1-c1ccc(S/C(F)=C(\F)C(F)(F)F)nn1. The van der Waals surface area contributed by atoms with E-state index in [0.29, 0.717) is 0 Å². The van der Waals surface area contributed by atoms with Gasteiger partial charge in [-0.15, -0.1) is 10.2 Å². The average molecular weight is 411 g/mol. The number of halogens is 5. The Morgan fingerprint density at radius 2 is 1.85 bits per heavy atom. The van der Waals surface area contributed by atoms with Gasteiger partial charge in [-0.25, -0.2) is 8.42 Å². The van der Waals surface area contributed by atoms with E-state index >= 15 is 0 Å². The van der Waals surface area contributed by atoms with Crippen LogP contribution in [0, 0.1) is 0 Å². The van der Waals surface area contributed by atoms with Crippen molar-refractivity contribution in [1.82, 2.24) is 15.2 Å². The minimum absolute atomic E-state index is 0.00381. The quantitative estimate of drug-likeness (QED) is 0.545. The predicted molar refractivity (Wildman–Crippen MR) is 84.1 cm³/mol. The Bertz CT molecular complexity index is 928. The van der Waals surface area contributed by atoms with Crippen molar-refractivity contribution < 1.29 is 30.4 Å². The normalized spacial score (nSPS) is 13.5. The molecule has 2 aromatic heterocycles. The fraction of sp³-hybridized carbons (Fsp3) is 0.214. The van der Waals surface area contributed by atoms with Crippen LogP contribution in [0.25, 0.3) is 11.4 Å². The van der Waals surface area contributed by atoms with Crippen molar-refractivity contribution in [2.75, 3.05) is 5.75 Å². The van der Waals surface area contributed by atoms with Crippen molar-refractivity contribution in [2.24, 2.45) is 0 Å². The van der Waals surface area contributed by atoms with Crippen LogP contribution in [0.3, 0.4) is 0 Å². The molecule has 2 rings (SSSR count). The second-order valence-corrected chi connectivity index (χ2v) is 7.93. The maximum absolute atomic E-state index is 13.3. The molecule has 0 aliphatic heterocycles. The van der Waals surface area contributed by atoms with Crippen molar-refractivity contribution in [3.8, 4) is 11.4 Å². The number of nitrogens with zero attached hydrogens (tertiary/aromatic N) is 3. The summed E-state index contributed by atoms with van der Waals surface area (Å²) in [4.78, 5) is 3.84. The van der Waals surface area contributed by atoms with Gasteiger partial charge in [-0.2, -0.15) is 22.0 Å². The molecule has 0 atom stereocenters. The first-order valence-corrected chi connectivity index (χ1v) is 9.35. The number of sulfone groups is 1. The van der Waals surface area contributed by atoms with Gasteiger partial charge < -0.3 is 0 Å². The van der Waals surface area contributed by atoms with Gasteiger partial charge in [-0.05, 0) is 36.0 Å². The van der Waals surface area contributed by atoms with Crippen LogP contribution in [-0.4, -0.2) is 35.5 Å². The summed E-state index contributed by atoms with van der Waals surface area (Å²) < 4.78 is 86.5. The van der Waals surface area contributed by atoms with Gasteiger partial charge in [0.15, 0.2) is 9.84 Å². The van der Waals surface area contributed by atoms with Crippen molar-refractivity contribution in [3.05, 3.63) is 41.4 Å². The van der Waals surface area contributed by atoms with Crippen LogP contribution in [0.4, 0.5) is 22.0 Å². The number of alkyl halides is 3. The van der Waals surface area contributed by atoms with Crippen molar-refractivity contribution in [1.29, 1.82) is 0 Å². The summed E-state index contributed by atoms with van der Waals surface area (Å²) in [5.41, 5.74) is 0.0125. The highest BCUT2D eigenvalue weighted by Gasteiger charge is 2.38. The van der Waals surface area contributed by atoms with Crippen LogP contribution >= 0.6 is 11.8 Å². The lowest BCUT2D eigenvalue weighted by Gasteiger charge is -2.08. The molecule has 0 N–H and O–H groups in total. The molecule has 5 nitrogen and oxygen atoms in total. The van der Waals surface area contributed by atoms with Crippen LogP contribution < -0.4 is 0 Å². The zero-order chi connectivity index (χ0) is 19.5. The highest BCUT2D eigenvalue weighted by atomic mass is 32.2. The highest BCUT2D eigenvalue weighted by molar-refractivity contribution is 8.02. The van der Waals surface area contributed by atoms with Crippen molar-refractivity contribution >= 4 is 21.6 Å². The Hall–Kier alpha value is -2.08. The van der Waals surface area contributed by atoms with Gasteiger partial charge in [0.05, 0.1) is 10.6 Å². The molecule has 0 saturated carbocycles. The number of aromatic nitrogens is 3. The van der Waals surface area contributed by atoms with Gasteiger partial charge in [0, 0.05) is 6.20 Å². The topological polar surface area (TPSA) is 72.8 Å². The third-order valence-corrected chi connectivity index (χ3v) is 5.53. The Kier molecular flexibility index (Phi) is 5.96. The molecule has 0 aliphatic carbocycles. The first-order chi connectivity index (χ1) is 12.1. The third-order valence-electron chi connectivity index (χ3n) is 2.98. The van der Waals surface area contributed by atoms with E-state index in [0.717, 1.165) is 6.07 Å². The van der Waals surface area contributed by atoms with E-state index in [1.165, 1.54) is 31.3 Å². The maximum Gasteiger partial charge on any atom is 0.446 e. The lowest BCUT2D eigenvalue weighted by atomic mass is 10.2. The monoisotopic (exact) mass is 411 g/mol. The van der Waals surface area contributed by atoms with Gasteiger partial charge in [-0.1, -0.05) is 6.92 Å². The maximum atomic E-state index is 13.3. The van der Waals surface area contributed by atoms with E-state index < -0.39 is 27.0 Å². The van der Waals surface area contributed by atoms with E-state index in [9.17, 15) is 30.4 Å². The van der Waals surface area contributed by atoms with E-state index in [4.69, 9.17) is 0 Å². The van der Waals surface area contributed by atoms with Crippen LogP contribution in [0.5, 0.6) is 0 Å². The summed E-state index contributed by atoms with van der Waals surface area (Å²) in [6, 6.07) is 5.02. The summed E-state index contributed by atoms with van der Waals surface area (Å²) in [5, 5.41) is 4.67. The molecule has 0 unspecified atom stereocenters. The second kappa shape index (κ2) is 7.66. The largest absolute Gasteiger partial charge is 0.446 e. The minimum Gasteiger partial charge on any atom is -0.253 e. The molecule has 140 valence electrons. The molecule has 0 bridgehead atoms. The fourth-order valence-electron chi connectivity index (χ4n) is 1.74. The van der Waals surface area contributed by atoms with Gasteiger partial charge >= 0.3 is 6.18 Å². The number of thioether (sulfide) groups is 1. The Labute approximate surface area is 149 Å². The molecule has 0 saturated heterocycles. The van der Waals surface area contributed by atoms with Crippen molar-refractivity contribution in [3.63, 3.8) is 0 Å². The number of rotatable bonds is 5. The summed E-state index contributed by atoms with van der Waals surface area (Å²) in [5.74, 6) is -3.05. The Morgan fingerprint density at radius 1 is 1.15 bits per heavy atom. The molecule has 0 aromatic carbocycles. The second-order valence-electron chi connectivity index (χ2n) is 4.70. The summed E-state index contributed by atoms with van der Waals surface area (Å²) >= 11 is -0.198. The van der Waals surface area contributed by atoms with Crippen LogP contribution in [0.1, 0.15) is 6.92 Å². The summed E-state index contributed by atoms with van der Waals surface area (Å²) in [6.45, 7) is 1.45. The van der Waals surface area contributed by atoms with Gasteiger partial charge in [-0.3, -0.25) is 4.98 Å². The van der Waals surface area contributed by atoms with E-state index in [1.807, 2.05) is 0 Å². The average Bonchev–Trinajstić information content (AvgIpc) is 2.61.